The summed E-state index contributed by atoms with van der Waals surface area (Å²) in [6.45, 7) is 0.463. The molecule has 2 aromatic rings. The summed E-state index contributed by atoms with van der Waals surface area (Å²) in [6.07, 6.45) is 3.62. The third-order valence-electron chi connectivity index (χ3n) is 3.21. The molecular formula is C15H18BrN3O3. The van der Waals surface area contributed by atoms with Gasteiger partial charge in [0.05, 0.1) is 30.5 Å². The molecule has 0 spiro atoms. The Morgan fingerprint density at radius 2 is 2.09 bits per heavy atom. The van der Waals surface area contributed by atoms with Crippen molar-refractivity contribution in [2.75, 3.05) is 21.3 Å². The van der Waals surface area contributed by atoms with Gasteiger partial charge in [0.15, 0.2) is 0 Å². The molecule has 7 heteroatoms. The zero-order valence-electron chi connectivity index (χ0n) is 13.0. The van der Waals surface area contributed by atoms with Crippen LogP contribution >= 0.6 is 15.9 Å². The fourth-order valence-corrected chi connectivity index (χ4v) is 2.76. The molecule has 0 unspecified atom stereocenters. The molecule has 1 aromatic carbocycles. The summed E-state index contributed by atoms with van der Waals surface area (Å²) in [5.74, 6) is 0.926. The molecule has 0 aliphatic rings. The van der Waals surface area contributed by atoms with E-state index < -0.39 is 0 Å². The number of carbonyl (C=O) groups excluding carboxylic acids is 1. The van der Waals surface area contributed by atoms with Crippen molar-refractivity contribution < 1.29 is 14.3 Å². The lowest BCUT2D eigenvalue weighted by Crippen LogP contribution is -2.26. The first-order valence-corrected chi connectivity index (χ1v) is 7.40. The van der Waals surface area contributed by atoms with Crippen LogP contribution in [-0.4, -0.2) is 41.9 Å². The van der Waals surface area contributed by atoms with E-state index >= 15 is 0 Å². The van der Waals surface area contributed by atoms with Crippen molar-refractivity contribution in [1.82, 2.24) is 14.7 Å². The number of hydrogen-bond acceptors (Lipinski definition) is 4. The highest BCUT2D eigenvalue weighted by atomic mass is 79.9. The van der Waals surface area contributed by atoms with E-state index in [1.807, 2.05) is 13.2 Å². The van der Waals surface area contributed by atoms with E-state index in [9.17, 15) is 4.79 Å². The number of halogens is 1. The smallest absolute Gasteiger partial charge is 0.257 e. The summed E-state index contributed by atoms with van der Waals surface area (Å²) in [5.41, 5.74) is 1.40. The molecule has 22 heavy (non-hydrogen) atoms. The molecule has 0 bridgehead atoms. The zero-order valence-corrected chi connectivity index (χ0v) is 14.5. The average molecular weight is 368 g/mol. The Hall–Kier alpha value is -2.02. The standard InChI is InChI=1S/C15H18BrN3O3/c1-18(8-10-7-17-19(2)9-10)15(20)12-5-11(21-3)6-13(16)14(12)22-4/h5-7,9H,8H2,1-4H3. The number of amides is 1. The van der Waals surface area contributed by atoms with Crippen molar-refractivity contribution >= 4 is 21.8 Å². The van der Waals surface area contributed by atoms with Crippen LogP contribution in [0.5, 0.6) is 11.5 Å². The molecular weight excluding hydrogens is 350 g/mol. The average Bonchev–Trinajstić information content (AvgIpc) is 2.90. The van der Waals surface area contributed by atoms with E-state index in [-0.39, 0.29) is 5.91 Å². The van der Waals surface area contributed by atoms with Crippen LogP contribution in [0.1, 0.15) is 15.9 Å². The van der Waals surface area contributed by atoms with Crippen LogP contribution in [0.2, 0.25) is 0 Å². The van der Waals surface area contributed by atoms with E-state index in [2.05, 4.69) is 21.0 Å². The number of aryl methyl sites for hydroxylation is 1. The summed E-state index contributed by atoms with van der Waals surface area (Å²) >= 11 is 3.40. The van der Waals surface area contributed by atoms with Crippen molar-refractivity contribution in [3.8, 4) is 11.5 Å². The Morgan fingerprint density at radius 3 is 2.64 bits per heavy atom. The highest BCUT2D eigenvalue weighted by molar-refractivity contribution is 9.10. The minimum absolute atomic E-state index is 0.152. The van der Waals surface area contributed by atoms with Crippen molar-refractivity contribution in [1.29, 1.82) is 0 Å². The number of nitrogens with zero attached hydrogens (tertiary/aromatic N) is 3. The van der Waals surface area contributed by atoms with Crippen LogP contribution in [0.15, 0.2) is 29.0 Å². The maximum Gasteiger partial charge on any atom is 0.257 e. The number of hydrogen-bond donors (Lipinski definition) is 0. The molecule has 0 saturated heterocycles. The van der Waals surface area contributed by atoms with Gasteiger partial charge in [0, 0.05) is 32.4 Å². The first kappa shape index (κ1) is 16.4. The Balaban J connectivity index is 2.29. The molecule has 0 N–H and O–H groups in total. The number of benzene rings is 1. The second-order valence-electron chi connectivity index (χ2n) is 4.87. The fraction of sp³-hybridized carbons (Fsp3) is 0.333. The lowest BCUT2D eigenvalue weighted by molar-refractivity contribution is 0.0781. The second kappa shape index (κ2) is 6.83. The molecule has 118 valence electrons. The number of aromatic nitrogens is 2. The third kappa shape index (κ3) is 3.41. The summed E-state index contributed by atoms with van der Waals surface area (Å²) < 4.78 is 12.9. The van der Waals surface area contributed by atoms with Crippen molar-refractivity contribution in [2.24, 2.45) is 7.05 Å². The predicted octanol–water partition coefficient (Wildman–Crippen LogP) is 2.47. The largest absolute Gasteiger partial charge is 0.497 e. The van der Waals surface area contributed by atoms with E-state index in [0.29, 0.717) is 28.1 Å². The maximum atomic E-state index is 12.7. The van der Waals surface area contributed by atoms with E-state index in [1.54, 1.807) is 42.1 Å². The van der Waals surface area contributed by atoms with Gasteiger partial charge in [0.1, 0.15) is 11.5 Å². The molecule has 0 atom stereocenters. The molecule has 1 heterocycles. The van der Waals surface area contributed by atoms with Crippen molar-refractivity contribution in [3.05, 3.63) is 40.1 Å². The van der Waals surface area contributed by atoms with Crippen LogP contribution in [0.25, 0.3) is 0 Å². The topological polar surface area (TPSA) is 56.6 Å². The molecule has 0 aliphatic carbocycles. The second-order valence-corrected chi connectivity index (χ2v) is 5.73. The molecule has 0 radical (unpaired) electrons. The Bertz CT molecular complexity index is 685. The zero-order chi connectivity index (χ0) is 16.3. The monoisotopic (exact) mass is 367 g/mol. The van der Waals surface area contributed by atoms with Gasteiger partial charge in [0.2, 0.25) is 0 Å². The Morgan fingerprint density at radius 1 is 1.36 bits per heavy atom. The molecule has 6 nitrogen and oxygen atoms in total. The van der Waals surface area contributed by atoms with Crippen LogP contribution in [0.4, 0.5) is 0 Å². The van der Waals surface area contributed by atoms with Gasteiger partial charge < -0.3 is 14.4 Å². The molecule has 0 aliphatic heterocycles. The van der Waals surface area contributed by atoms with Crippen LogP contribution in [-0.2, 0) is 13.6 Å². The van der Waals surface area contributed by atoms with Gasteiger partial charge in [-0.05, 0) is 28.1 Å². The fourth-order valence-electron chi connectivity index (χ4n) is 2.16. The Kier molecular flexibility index (Phi) is 5.07. The van der Waals surface area contributed by atoms with E-state index in [0.717, 1.165) is 5.56 Å². The van der Waals surface area contributed by atoms with Gasteiger partial charge in [-0.3, -0.25) is 9.48 Å². The summed E-state index contributed by atoms with van der Waals surface area (Å²) in [5, 5.41) is 4.10. The normalized spacial score (nSPS) is 10.4. The lowest BCUT2D eigenvalue weighted by atomic mass is 10.1. The quantitative estimate of drug-likeness (QED) is 0.814. The number of carbonyl (C=O) groups is 1. The minimum atomic E-state index is -0.152. The van der Waals surface area contributed by atoms with Crippen molar-refractivity contribution in [2.45, 2.75) is 6.54 Å². The molecule has 0 fully saturated rings. The summed E-state index contributed by atoms with van der Waals surface area (Å²) in [6, 6.07) is 3.43. The summed E-state index contributed by atoms with van der Waals surface area (Å²) in [4.78, 5) is 14.3. The summed E-state index contributed by atoms with van der Waals surface area (Å²) in [7, 11) is 6.67. The number of ether oxygens (including phenoxy) is 2. The van der Waals surface area contributed by atoms with E-state index in [1.165, 1.54) is 7.11 Å². The highest BCUT2D eigenvalue weighted by Crippen LogP contribution is 2.34. The number of methoxy groups -OCH3 is 2. The van der Waals surface area contributed by atoms with E-state index in [4.69, 9.17) is 9.47 Å². The van der Waals surface area contributed by atoms with Gasteiger partial charge >= 0.3 is 0 Å². The van der Waals surface area contributed by atoms with Crippen molar-refractivity contribution in [3.63, 3.8) is 0 Å². The van der Waals surface area contributed by atoms with Gasteiger partial charge in [-0.2, -0.15) is 5.10 Å². The highest BCUT2D eigenvalue weighted by Gasteiger charge is 2.20. The first-order valence-electron chi connectivity index (χ1n) is 6.60. The van der Waals surface area contributed by atoms with Gasteiger partial charge in [-0.25, -0.2) is 0 Å². The SMILES string of the molecule is COc1cc(Br)c(OC)c(C(=O)N(C)Cc2cnn(C)c2)c1. The molecule has 2 rings (SSSR count). The third-order valence-corrected chi connectivity index (χ3v) is 3.80. The molecule has 1 aromatic heterocycles. The lowest BCUT2D eigenvalue weighted by Gasteiger charge is -2.19. The van der Waals surface area contributed by atoms with Gasteiger partial charge in [-0.1, -0.05) is 0 Å². The molecule has 0 saturated carbocycles. The number of rotatable bonds is 5. The van der Waals surface area contributed by atoms with Gasteiger partial charge in [-0.15, -0.1) is 0 Å². The van der Waals surface area contributed by atoms with Crippen LogP contribution in [0, 0.1) is 0 Å². The van der Waals surface area contributed by atoms with Gasteiger partial charge in [0.25, 0.3) is 5.91 Å². The maximum absolute atomic E-state index is 12.7. The molecule has 1 amide bonds. The predicted molar refractivity (Wildman–Crippen MR) is 86.3 cm³/mol. The Labute approximate surface area is 137 Å². The van der Waals surface area contributed by atoms with Crippen LogP contribution < -0.4 is 9.47 Å². The minimum Gasteiger partial charge on any atom is -0.497 e. The first-order chi connectivity index (χ1) is 10.5. The van der Waals surface area contributed by atoms with Crippen LogP contribution in [0.3, 0.4) is 0 Å².